The quantitative estimate of drug-likeness (QED) is 0.740. The third-order valence-electron chi connectivity index (χ3n) is 2.31. The molecule has 2 aromatic rings. The minimum absolute atomic E-state index is 0.173. The molecule has 0 radical (unpaired) electrons. The minimum Gasteiger partial charge on any atom is -0.465 e. The number of furan rings is 1. The van der Waals surface area contributed by atoms with E-state index in [0.29, 0.717) is 11.3 Å². The topological polar surface area (TPSA) is 39.4 Å². The Morgan fingerprint density at radius 1 is 1.25 bits per heavy atom. The number of benzene rings is 1. The van der Waals surface area contributed by atoms with Gasteiger partial charge >= 0.3 is 5.97 Å². The molecule has 0 aliphatic heterocycles. The Morgan fingerprint density at radius 2 is 2.00 bits per heavy atom. The minimum atomic E-state index is -0.337. The molecule has 0 saturated heterocycles. The van der Waals surface area contributed by atoms with Crippen molar-refractivity contribution in [2.45, 2.75) is 13.5 Å². The first kappa shape index (κ1) is 10.5. The highest BCUT2D eigenvalue weighted by Crippen LogP contribution is 2.11. The Morgan fingerprint density at radius 3 is 2.62 bits per heavy atom. The fourth-order valence-corrected chi connectivity index (χ4v) is 1.34. The van der Waals surface area contributed by atoms with Crippen LogP contribution in [0.25, 0.3) is 0 Å². The van der Waals surface area contributed by atoms with Crippen LogP contribution in [-0.2, 0) is 11.3 Å². The van der Waals surface area contributed by atoms with Crippen LogP contribution in [0.1, 0.15) is 21.7 Å². The van der Waals surface area contributed by atoms with Crippen LogP contribution in [-0.4, -0.2) is 5.97 Å². The molecule has 0 fully saturated rings. The second-order valence-corrected chi connectivity index (χ2v) is 3.47. The molecule has 3 heteroatoms. The van der Waals surface area contributed by atoms with Gasteiger partial charge in [0.15, 0.2) is 0 Å². The lowest BCUT2D eigenvalue weighted by Crippen LogP contribution is -2.04. The summed E-state index contributed by atoms with van der Waals surface area (Å²) in [5.41, 5.74) is 1.53. The van der Waals surface area contributed by atoms with Crippen LogP contribution in [0, 0.1) is 6.92 Å². The number of carbonyl (C=O) groups excluding carboxylic acids is 1. The van der Waals surface area contributed by atoms with Crippen LogP contribution in [0.3, 0.4) is 0 Å². The molecule has 0 atom stereocenters. The van der Waals surface area contributed by atoms with Crippen LogP contribution < -0.4 is 0 Å². The summed E-state index contributed by atoms with van der Waals surface area (Å²) >= 11 is 0. The zero-order valence-corrected chi connectivity index (χ0v) is 8.97. The number of esters is 1. The summed E-state index contributed by atoms with van der Waals surface area (Å²) in [6.07, 6.45) is 1.58. The first-order valence-corrected chi connectivity index (χ1v) is 5.02. The molecule has 0 unspecified atom stereocenters. The Balaban J connectivity index is 1.97. The molecule has 0 bridgehead atoms. The molecule has 16 heavy (non-hydrogen) atoms. The van der Waals surface area contributed by atoms with Gasteiger partial charge in [-0.2, -0.15) is 0 Å². The van der Waals surface area contributed by atoms with E-state index in [1.54, 1.807) is 30.5 Å². The van der Waals surface area contributed by atoms with E-state index in [9.17, 15) is 4.79 Å². The molecule has 0 spiro atoms. The van der Waals surface area contributed by atoms with Crippen LogP contribution >= 0.6 is 0 Å². The number of aryl methyl sites for hydroxylation is 1. The van der Waals surface area contributed by atoms with Crippen molar-refractivity contribution in [2.75, 3.05) is 0 Å². The van der Waals surface area contributed by atoms with Crippen LogP contribution in [0.2, 0.25) is 0 Å². The fourth-order valence-electron chi connectivity index (χ4n) is 1.34. The summed E-state index contributed by atoms with van der Waals surface area (Å²) in [6.45, 7) is 2.09. The van der Waals surface area contributed by atoms with Crippen molar-refractivity contribution >= 4 is 5.97 Å². The molecular weight excluding hydrogens is 204 g/mol. The van der Waals surface area contributed by atoms with E-state index in [2.05, 4.69) is 0 Å². The average molecular weight is 216 g/mol. The van der Waals surface area contributed by atoms with Gasteiger partial charge in [-0.25, -0.2) is 4.79 Å². The first-order chi connectivity index (χ1) is 7.77. The van der Waals surface area contributed by atoms with Gasteiger partial charge in [-0.15, -0.1) is 0 Å². The molecule has 1 aromatic carbocycles. The first-order valence-electron chi connectivity index (χ1n) is 5.02. The summed E-state index contributed by atoms with van der Waals surface area (Å²) < 4.78 is 10.3. The van der Waals surface area contributed by atoms with E-state index < -0.39 is 0 Å². The van der Waals surface area contributed by atoms with Gasteiger partial charge in [0.2, 0.25) is 0 Å². The Bertz CT molecular complexity index is 471. The monoisotopic (exact) mass is 216 g/mol. The van der Waals surface area contributed by atoms with Gasteiger partial charge in [0.25, 0.3) is 0 Å². The van der Waals surface area contributed by atoms with E-state index in [-0.39, 0.29) is 12.6 Å². The van der Waals surface area contributed by atoms with Gasteiger partial charge in [0.1, 0.15) is 12.4 Å². The van der Waals surface area contributed by atoms with Crippen LogP contribution in [0.5, 0.6) is 0 Å². The van der Waals surface area contributed by atoms with Crippen molar-refractivity contribution in [3.63, 3.8) is 0 Å². The Labute approximate surface area is 93.7 Å². The Hall–Kier alpha value is -2.03. The number of hydrogen-bond acceptors (Lipinski definition) is 3. The molecule has 82 valence electrons. The molecule has 0 N–H and O–H groups in total. The predicted octanol–water partition coefficient (Wildman–Crippen LogP) is 2.95. The summed E-state index contributed by atoms with van der Waals surface area (Å²) in [6, 6.07) is 10.7. The second-order valence-electron chi connectivity index (χ2n) is 3.47. The summed E-state index contributed by atoms with van der Waals surface area (Å²) in [5.74, 6) is 0.348. The summed E-state index contributed by atoms with van der Waals surface area (Å²) in [4.78, 5) is 11.6. The summed E-state index contributed by atoms with van der Waals surface area (Å²) in [5, 5.41) is 0. The van der Waals surface area contributed by atoms with Crippen molar-refractivity contribution in [3.8, 4) is 0 Å². The number of hydrogen-bond donors (Lipinski definition) is 0. The molecular formula is C13H12O3. The van der Waals surface area contributed by atoms with Gasteiger partial charge < -0.3 is 9.15 Å². The fraction of sp³-hybridized carbons (Fsp3) is 0.154. The lowest BCUT2D eigenvalue weighted by atomic mass is 10.2. The lowest BCUT2D eigenvalue weighted by Gasteiger charge is -2.03. The number of rotatable bonds is 3. The van der Waals surface area contributed by atoms with Crippen molar-refractivity contribution in [1.29, 1.82) is 0 Å². The highest BCUT2D eigenvalue weighted by Gasteiger charge is 2.08. The number of ether oxygens (including phenoxy) is 1. The molecule has 0 aliphatic carbocycles. The predicted molar refractivity (Wildman–Crippen MR) is 59.0 cm³/mol. The molecule has 0 aliphatic rings. The second kappa shape index (κ2) is 4.66. The lowest BCUT2D eigenvalue weighted by molar-refractivity contribution is 0.0444. The van der Waals surface area contributed by atoms with E-state index in [0.717, 1.165) is 5.56 Å². The van der Waals surface area contributed by atoms with Crippen LogP contribution in [0.15, 0.2) is 47.1 Å². The van der Waals surface area contributed by atoms with Gasteiger partial charge in [0.05, 0.1) is 11.8 Å². The van der Waals surface area contributed by atoms with E-state index in [1.807, 2.05) is 19.1 Å². The molecule has 1 aromatic heterocycles. The maximum absolute atomic E-state index is 11.6. The maximum Gasteiger partial charge on any atom is 0.338 e. The number of carbonyl (C=O) groups is 1. The zero-order valence-electron chi connectivity index (χ0n) is 8.97. The third kappa shape index (κ3) is 2.31. The van der Waals surface area contributed by atoms with Gasteiger partial charge in [-0.1, -0.05) is 18.2 Å². The molecule has 1 heterocycles. The van der Waals surface area contributed by atoms with Crippen molar-refractivity contribution in [2.24, 2.45) is 0 Å². The van der Waals surface area contributed by atoms with Crippen LogP contribution in [0.4, 0.5) is 0 Å². The van der Waals surface area contributed by atoms with Crippen molar-refractivity contribution in [1.82, 2.24) is 0 Å². The van der Waals surface area contributed by atoms with E-state index >= 15 is 0 Å². The highest BCUT2D eigenvalue weighted by molar-refractivity contribution is 5.89. The molecule has 3 nitrogen and oxygen atoms in total. The SMILES string of the molecule is Cc1ccoc1COC(=O)c1ccccc1. The standard InChI is InChI=1S/C13H12O3/c1-10-7-8-15-12(10)9-16-13(14)11-5-3-2-4-6-11/h2-8H,9H2,1H3. The molecule has 0 saturated carbocycles. The van der Waals surface area contributed by atoms with Gasteiger partial charge in [-0.3, -0.25) is 0 Å². The van der Waals surface area contributed by atoms with E-state index in [4.69, 9.17) is 9.15 Å². The molecule has 2 rings (SSSR count). The average Bonchev–Trinajstić information content (AvgIpc) is 2.73. The van der Waals surface area contributed by atoms with Gasteiger partial charge in [0, 0.05) is 0 Å². The highest BCUT2D eigenvalue weighted by atomic mass is 16.5. The summed E-state index contributed by atoms with van der Waals surface area (Å²) in [7, 11) is 0. The maximum atomic E-state index is 11.6. The van der Waals surface area contributed by atoms with Gasteiger partial charge in [-0.05, 0) is 30.7 Å². The van der Waals surface area contributed by atoms with Crippen molar-refractivity contribution in [3.05, 3.63) is 59.5 Å². The molecule has 0 amide bonds. The van der Waals surface area contributed by atoms with E-state index in [1.165, 1.54) is 0 Å². The largest absolute Gasteiger partial charge is 0.465 e. The normalized spacial score (nSPS) is 10.1. The Kier molecular flexibility index (Phi) is 3.05. The third-order valence-corrected chi connectivity index (χ3v) is 2.31. The zero-order chi connectivity index (χ0) is 11.4. The smallest absolute Gasteiger partial charge is 0.338 e. The van der Waals surface area contributed by atoms with Crippen molar-refractivity contribution < 1.29 is 13.9 Å².